The second-order valence-electron chi connectivity index (χ2n) is 7.58. The fourth-order valence-corrected chi connectivity index (χ4v) is 4.32. The molecule has 0 saturated heterocycles. The number of sulfone groups is 1. The van der Waals surface area contributed by atoms with E-state index in [4.69, 9.17) is 21.7 Å². The van der Waals surface area contributed by atoms with Gasteiger partial charge in [-0.25, -0.2) is 8.42 Å². The Balaban J connectivity index is 1.74. The highest BCUT2D eigenvalue weighted by atomic mass is 32.2. The van der Waals surface area contributed by atoms with Gasteiger partial charge >= 0.3 is 0 Å². The highest BCUT2D eigenvalue weighted by Gasteiger charge is 2.21. The molecule has 0 unspecified atom stereocenters. The van der Waals surface area contributed by atoms with Gasteiger partial charge in [0.05, 0.1) is 4.90 Å². The van der Waals surface area contributed by atoms with Gasteiger partial charge in [0.25, 0.3) is 0 Å². The number of rotatable bonds is 5. The summed E-state index contributed by atoms with van der Waals surface area (Å²) in [5, 5.41) is 16.6. The van der Waals surface area contributed by atoms with E-state index in [0.29, 0.717) is 36.0 Å². The van der Waals surface area contributed by atoms with Crippen LogP contribution in [0.15, 0.2) is 71.9 Å². The van der Waals surface area contributed by atoms with Gasteiger partial charge in [-0.1, -0.05) is 24.4 Å². The maximum atomic E-state index is 13.5. The van der Waals surface area contributed by atoms with Gasteiger partial charge in [-0.3, -0.25) is 0 Å². The summed E-state index contributed by atoms with van der Waals surface area (Å²) in [6.45, 7) is 2.86. The zero-order chi connectivity index (χ0) is 23.6. The van der Waals surface area contributed by atoms with Gasteiger partial charge < -0.3 is 19.9 Å². The normalized spacial score (nSPS) is 13.8. The predicted octanol–water partition coefficient (Wildman–Crippen LogP) is 2.58. The van der Waals surface area contributed by atoms with Crippen LogP contribution in [0.5, 0.6) is 11.5 Å². The highest BCUT2D eigenvalue weighted by molar-refractivity contribution is 7.90. The largest absolute Gasteiger partial charge is 0.867 e. The summed E-state index contributed by atoms with van der Waals surface area (Å²) in [6, 6.07) is 14.9. The van der Waals surface area contributed by atoms with E-state index in [-0.39, 0.29) is 21.3 Å². The number of thiocarbonyl (C=S) groups is 1. The van der Waals surface area contributed by atoms with Gasteiger partial charge in [0, 0.05) is 29.6 Å². The van der Waals surface area contributed by atoms with Crippen molar-refractivity contribution in [2.45, 2.75) is 11.8 Å². The molecule has 0 aliphatic carbocycles. The van der Waals surface area contributed by atoms with E-state index in [2.05, 4.69) is 5.32 Å². The first-order valence-electron chi connectivity index (χ1n) is 10.1. The summed E-state index contributed by atoms with van der Waals surface area (Å²) in [6.07, 6.45) is 4.66. The second-order valence-corrected chi connectivity index (χ2v) is 10.00. The van der Waals surface area contributed by atoms with Gasteiger partial charge in [0.15, 0.2) is 38.7 Å². The standard InChI is InChI=1S/C24H22N2O5S2/c1-16-4-3-11-26(15-16)22(23(27)17-5-8-19(9-6-17)33(2,28)29)24(32)25-18-7-10-20-21(14-18)31-13-12-30-20/h3-11,14-15H,12-13H2,1-2H3,(H-,25,27,32). The molecule has 7 nitrogen and oxygen atoms in total. The molecule has 9 heteroatoms. The number of pyridine rings is 1. The van der Waals surface area contributed by atoms with Crippen molar-refractivity contribution in [3.63, 3.8) is 0 Å². The average molecular weight is 483 g/mol. The predicted molar refractivity (Wildman–Crippen MR) is 128 cm³/mol. The molecule has 0 radical (unpaired) electrons. The van der Waals surface area contributed by atoms with Crippen molar-refractivity contribution in [1.29, 1.82) is 0 Å². The number of aromatic nitrogens is 1. The minimum absolute atomic E-state index is 0.140. The number of ether oxygens (including phenoxy) is 2. The minimum Gasteiger partial charge on any atom is -0.867 e. The number of hydrogen-bond acceptors (Lipinski definition) is 6. The number of nitrogens with zero attached hydrogens (tertiary/aromatic N) is 1. The van der Waals surface area contributed by atoms with E-state index >= 15 is 0 Å². The van der Waals surface area contributed by atoms with Gasteiger partial charge in [0.1, 0.15) is 13.2 Å². The molecule has 1 aromatic heterocycles. The summed E-state index contributed by atoms with van der Waals surface area (Å²) < 4.78 is 36.4. The van der Waals surface area contributed by atoms with Crippen molar-refractivity contribution in [2.24, 2.45) is 0 Å². The van der Waals surface area contributed by atoms with E-state index in [0.717, 1.165) is 11.8 Å². The van der Waals surface area contributed by atoms with E-state index in [1.54, 1.807) is 35.2 Å². The van der Waals surface area contributed by atoms with Gasteiger partial charge in [-0.05, 0) is 48.6 Å². The third-order valence-corrected chi connectivity index (χ3v) is 6.41. The zero-order valence-corrected chi connectivity index (χ0v) is 19.7. The number of fused-ring (bicyclic) bond motifs is 1. The Morgan fingerprint density at radius 1 is 1.06 bits per heavy atom. The van der Waals surface area contributed by atoms with E-state index in [1.165, 1.54) is 24.3 Å². The Hall–Kier alpha value is -3.43. The van der Waals surface area contributed by atoms with Crippen LogP contribution in [0.1, 0.15) is 11.1 Å². The maximum Gasteiger partial charge on any atom is 0.238 e. The first kappa shape index (κ1) is 22.8. The number of anilines is 1. The Labute approximate surface area is 197 Å². The molecule has 4 rings (SSSR count). The van der Waals surface area contributed by atoms with Crippen LogP contribution < -0.4 is 24.5 Å². The van der Waals surface area contributed by atoms with Crippen LogP contribution >= 0.6 is 12.2 Å². The van der Waals surface area contributed by atoms with Crippen LogP contribution in [0.3, 0.4) is 0 Å². The first-order valence-corrected chi connectivity index (χ1v) is 12.4. The quantitative estimate of drug-likeness (QED) is 0.259. The molecular weight excluding hydrogens is 460 g/mol. The van der Waals surface area contributed by atoms with Gasteiger partial charge in [-0.15, -0.1) is 0 Å². The summed E-state index contributed by atoms with van der Waals surface area (Å²) >= 11 is 5.64. The van der Waals surface area contributed by atoms with Gasteiger partial charge in [-0.2, -0.15) is 4.57 Å². The van der Waals surface area contributed by atoms with Crippen LogP contribution in [-0.2, 0) is 9.84 Å². The Bertz CT molecular complexity index is 1350. The second kappa shape index (κ2) is 9.21. The molecule has 1 aliphatic heterocycles. The molecule has 0 spiro atoms. The number of hydrogen-bond donors (Lipinski definition) is 1. The van der Waals surface area contributed by atoms with Crippen molar-refractivity contribution in [2.75, 3.05) is 24.8 Å². The fraction of sp³-hybridized carbons (Fsp3) is 0.167. The summed E-state index contributed by atoms with van der Waals surface area (Å²) in [4.78, 5) is 0.347. The topological polar surface area (TPSA) is 91.6 Å². The van der Waals surface area contributed by atoms with Crippen LogP contribution in [0.25, 0.3) is 11.5 Å². The van der Waals surface area contributed by atoms with Crippen molar-refractivity contribution >= 4 is 44.2 Å². The maximum absolute atomic E-state index is 13.5. The molecule has 1 aliphatic rings. The lowest BCUT2D eigenvalue weighted by atomic mass is 10.1. The van der Waals surface area contributed by atoms with Crippen molar-refractivity contribution in [1.82, 2.24) is 0 Å². The molecule has 2 heterocycles. The molecule has 170 valence electrons. The minimum atomic E-state index is -3.37. The summed E-state index contributed by atoms with van der Waals surface area (Å²) in [5.41, 5.74) is 2.14. The van der Waals surface area contributed by atoms with Crippen LogP contribution in [0.4, 0.5) is 5.69 Å². The molecule has 1 N–H and O–H groups in total. The fourth-order valence-electron chi connectivity index (χ4n) is 3.37. The van der Waals surface area contributed by atoms with Crippen LogP contribution in [0.2, 0.25) is 0 Å². The third-order valence-electron chi connectivity index (χ3n) is 4.98. The lowest BCUT2D eigenvalue weighted by Gasteiger charge is -2.20. The Morgan fingerprint density at radius 2 is 1.76 bits per heavy atom. The molecular formula is C24H22N2O5S2. The van der Waals surface area contributed by atoms with E-state index < -0.39 is 9.84 Å². The lowest BCUT2D eigenvalue weighted by Crippen LogP contribution is -2.40. The van der Waals surface area contributed by atoms with Crippen LogP contribution in [-0.4, -0.2) is 32.9 Å². The Morgan fingerprint density at radius 3 is 2.42 bits per heavy atom. The summed E-state index contributed by atoms with van der Waals surface area (Å²) in [7, 11) is -3.37. The van der Waals surface area contributed by atoms with E-state index in [1.807, 2.05) is 19.1 Å². The molecule has 0 amide bonds. The average Bonchev–Trinajstić information content (AvgIpc) is 2.78. The molecule has 0 atom stereocenters. The number of aryl methyl sites for hydroxylation is 1. The lowest BCUT2D eigenvalue weighted by molar-refractivity contribution is -0.578. The molecule has 0 fully saturated rings. The number of benzene rings is 2. The molecule has 0 bridgehead atoms. The van der Waals surface area contributed by atoms with Crippen LogP contribution in [0, 0.1) is 6.92 Å². The first-order chi connectivity index (χ1) is 15.7. The van der Waals surface area contributed by atoms with Crippen molar-refractivity contribution in [3.05, 3.63) is 78.1 Å². The van der Waals surface area contributed by atoms with E-state index in [9.17, 15) is 13.5 Å². The third kappa shape index (κ3) is 5.15. The summed E-state index contributed by atoms with van der Waals surface area (Å²) in [5.74, 6) is 0.902. The molecule has 3 aromatic rings. The zero-order valence-electron chi connectivity index (χ0n) is 18.1. The Kier molecular flexibility index (Phi) is 6.35. The van der Waals surface area contributed by atoms with Crippen molar-refractivity contribution in [3.8, 4) is 11.5 Å². The molecule has 0 saturated carbocycles. The van der Waals surface area contributed by atoms with Gasteiger partial charge in [0.2, 0.25) is 5.70 Å². The molecule has 33 heavy (non-hydrogen) atoms. The highest BCUT2D eigenvalue weighted by Crippen LogP contribution is 2.33. The SMILES string of the molecule is Cc1ccc[n+](/C(C(=S)Nc2ccc3c(c2)OCCO3)=C(/[O-])c2ccc(S(C)(=O)=O)cc2)c1. The molecule has 2 aromatic carbocycles. The monoisotopic (exact) mass is 482 g/mol. The smallest absolute Gasteiger partial charge is 0.238 e. The van der Waals surface area contributed by atoms with Crippen molar-refractivity contribution < 1.29 is 27.6 Å². The number of nitrogens with one attached hydrogen (secondary N) is 1.